The van der Waals surface area contributed by atoms with E-state index in [0.717, 1.165) is 11.0 Å². The van der Waals surface area contributed by atoms with Crippen molar-refractivity contribution in [3.05, 3.63) is 36.1 Å². The Bertz CT molecular complexity index is 608. The Hall–Kier alpha value is -1.61. The van der Waals surface area contributed by atoms with Crippen LogP contribution in [0.1, 0.15) is 48.9 Å². The molecular weight excluding hydrogens is 262 g/mol. The van der Waals surface area contributed by atoms with Gasteiger partial charge in [-0.1, -0.05) is 43.9 Å². The average molecular weight is 285 g/mol. The Morgan fingerprint density at radius 2 is 1.90 bits per heavy atom. The Kier molecular flexibility index (Phi) is 4.39. The second-order valence-electron chi connectivity index (χ2n) is 6.13. The van der Waals surface area contributed by atoms with Gasteiger partial charge in [-0.3, -0.25) is 9.69 Å². The van der Waals surface area contributed by atoms with E-state index in [1.165, 1.54) is 38.5 Å². The first kappa shape index (κ1) is 14.3. The van der Waals surface area contributed by atoms with Gasteiger partial charge in [-0.2, -0.15) is 0 Å². The third-order valence-corrected chi connectivity index (χ3v) is 4.62. The molecule has 1 aliphatic carbocycles. The number of hydrogen-bond acceptors (Lipinski definition) is 3. The van der Waals surface area contributed by atoms with Crippen molar-refractivity contribution in [3.63, 3.8) is 0 Å². The summed E-state index contributed by atoms with van der Waals surface area (Å²) in [6, 6.07) is 8.29. The lowest BCUT2D eigenvalue weighted by atomic mass is 10.1. The number of ketones is 1. The first-order chi connectivity index (χ1) is 10.3. The van der Waals surface area contributed by atoms with Gasteiger partial charge in [0, 0.05) is 11.4 Å². The Morgan fingerprint density at radius 3 is 2.67 bits per heavy atom. The highest BCUT2D eigenvalue weighted by molar-refractivity contribution is 6.08. The van der Waals surface area contributed by atoms with Crippen LogP contribution in [0.3, 0.4) is 0 Å². The molecule has 0 spiro atoms. The minimum absolute atomic E-state index is 0.159. The zero-order valence-corrected chi connectivity index (χ0v) is 12.7. The average Bonchev–Trinajstić information content (AvgIpc) is 2.73. The van der Waals surface area contributed by atoms with E-state index in [-0.39, 0.29) is 5.78 Å². The lowest BCUT2D eigenvalue weighted by molar-refractivity contribution is 0.0913. The molecule has 1 fully saturated rings. The van der Waals surface area contributed by atoms with E-state index in [1.54, 1.807) is 6.26 Å². The van der Waals surface area contributed by atoms with Gasteiger partial charge in [-0.05, 0) is 26.0 Å². The Labute approximate surface area is 125 Å². The lowest BCUT2D eigenvalue weighted by Gasteiger charge is -2.26. The second-order valence-corrected chi connectivity index (χ2v) is 6.13. The molecule has 0 radical (unpaired) electrons. The maximum Gasteiger partial charge on any atom is 0.180 e. The predicted molar refractivity (Wildman–Crippen MR) is 84.7 cm³/mol. The number of likely N-dealkylation sites (N-methyl/N-ethyl adjacent to an activating group) is 1. The van der Waals surface area contributed by atoms with Crippen molar-refractivity contribution in [2.45, 2.75) is 44.6 Å². The van der Waals surface area contributed by atoms with Crippen LogP contribution in [0.25, 0.3) is 11.0 Å². The standard InChI is InChI=1S/C18H23NO2/c1-19(14-8-4-2-3-5-9-14)12-17(20)16-13-21-18-11-7-6-10-15(16)18/h6-7,10-11,13-14H,2-5,8-9,12H2,1H3. The highest BCUT2D eigenvalue weighted by atomic mass is 16.3. The summed E-state index contributed by atoms with van der Waals surface area (Å²) in [5.74, 6) is 0.159. The van der Waals surface area contributed by atoms with Gasteiger partial charge in [0.1, 0.15) is 11.8 Å². The van der Waals surface area contributed by atoms with Crippen molar-refractivity contribution in [2.24, 2.45) is 0 Å². The number of rotatable bonds is 4. The van der Waals surface area contributed by atoms with Crippen LogP contribution >= 0.6 is 0 Å². The molecule has 0 atom stereocenters. The van der Waals surface area contributed by atoms with E-state index in [0.29, 0.717) is 18.2 Å². The van der Waals surface area contributed by atoms with Crippen molar-refractivity contribution in [2.75, 3.05) is 13.6 Å². The fraction of sp³-hybridized carbons (Fsp3) is 0.500. The summed E-state index contributed by atoms with van der Waals surface area (Å²) in [6.45, 7) is 0.480. The van der Waals surface area contributed by atoms with Crippen LogP contribution in [0.4, 0.5) is 0 Å². The summed E-state index contributed by atoms with van der Waals surface area (Å²) in [6.07, 6.45) is 9.30. The van der Waals surface area contributed by atoms with E-state index in [1.807, 2.05) is 24.3 Å². The third kappa shape index (κ3) is 3.18. The number of hydrogen-bond donors (Lipinski definition) is 0. The summed E-state index contributed by atoms with van der Waals surface area (Å²) in [4.78, 5) is 14.8. The predicted octanol–water partition coefficient (Wildman–Crippen LogP) is 4.27. The van der Waals surface area contributed by atoms with Crippen molar-refractivity contribution < 1.29 is 9.21 Å². The quantitative estimate of drug-likeness (QED) is 0.621. The van der Waals surface area contributed by atoms with E-state index >= 15 is 0 Å². The van der Waals surface area contributed by atoms with Crippen LogP contribution in [0.5, 0.6) is 0 Å². The van der Waals surface area contributed by atoms with Gasteiger partial charge in [0.25, 0.3) is 0 Å². The molecule has 3 heteroatoms. The smallest absolute Gasteiger partial charge is 0.180 e. The number of Topliss-reactive ketones (excluding diaryl/α,β-unsaturated/α-hetero) is 1. The molecule has 1 heterocycles. The number of nitrogens with zero attached hydrogens (tertiary/aromatic N) is 1. The molecule has 0 unspecified atom stereocenters. The monoisotopic (exact) mass is 285 g/mol. The zero-order chi connectivity index (χ0) is 14.7. The topological polar surface area (TPSA) is 33.5 Å². The molecule has 1 aromatic heterocycles. The van der Waals surface area contributed by atoms with Gasteiger partial charge >= 0.3 is 0 Å². The molecule has 0 bridgehead atoms. The summed E-state index contributed by atoms with van der Waals surface area (Å²) in [5.41, 5.74) is 1.50. The van der Waals surface area contributed by atoms with Crippen LogP contribution in [0, 0.1) is 0 Å². The van der Waals surface area contributed by atoms with Crippen molar-refractivity contribution >= 4 is 16.8 Å². The first-order valence-electron chi connectivity index (χ1n) is 7.95. The van der Waals surface area contributed by atoms with Crippen molar-refractivity contribution in [3.8, 4) is 0 Å². The minimum Gasteiger partial charge on any atom is -0.464 e. The van der Waals surface area contributed by atoms with Gasteiger partial charge < -0.3 is 4.42 Å². The summed E-state index contributed by atoms with van der Waals surface area (Å²) >= 11 is 0. The van der Waals surface area contributed by atoms with E-state index in [2.05, 4.69) is 11.9 Å². The Morgan fingerprint density at radius 1 is 1.19 bits per heavy atom. The normalized spacial score (nSPS) is 17.2. The molecule has 3 rings (SSSR count). The van der Waals surface area contributed by atoms with E-state index < -0.39 is 0 Å². The van der Waals surface area contributed by atoms with Gasteiger partial charge in [-0.25, -0.2) is 0 Å². The minimum atomic E-state index is 0.159. The highest BCUT2D eigenvalue weighted by Crippen LogP contribution is 2.24. The molecule has 1 saturated carbocycles. The molecule has 21 heavy (non-hydrogen) atoms. The van der Waals surface area contributed by atoms with Crippen LogP contribution in [0.15, 0.2) is 34.9 Å². The highest BCUT2D eigenvalue weighted by Gasteiger charge is 2.21. The third-order valence-electron chi connectivity index (χ3n) is 4.62. The number of para-hydroxylation sites is 1. The molecule has 1 aromatic carbocycles. The van der Waals surface area contributed by atoms with Crippen LogP contribution in [-0.4, -0.2) is 30.3 Å². The molecule has 1 aliphatic rings. The Balaban J connectivity index is 1.70. The first-order valence-corrected chi connectivity index (χ1v) is 7.95. The fourth-order valence-electron chi connectivity index (χ4n) is 3.33. The van der Waals surface area contributed by atoms with Gasteiger partial charge in [0.2, 0.25) is 0 Å². The van der Waals surface area contributed by atoms with E-state index in [9.17, 15) is 4.79 Å². The largest absolute Gasteiger partial charge is 0.464 e. The molecule has 0 saturated heterocycles. The SMILES string of the molecule is CN(CC(=O)c1coc2ccccc12)C1CCCCCC1. The summed E-state index contributed by atoms with van der Waals surface area (Å²) < 4.78 is 5.48. The van der Waals surface area contributed by atoms with Gasteiger partial charge in [0.05, 0.1) is 12.1 Å². The number of furan rings is 1. The molecule has 0 amide bonds. The number of carbonyl (C=O) groups is 1. The fourth-order valence-corrected chi connectivity index (χ4v) is 3.33. The van der Waals surface area contributed by atoms with Crippen molar-refractivity contribution in [1.29, 1.82) is 0 Å². The van der Waals surface area contributed by atoms with Crippen LogP contribution in [0.2, 0.25) is 0 Å². The molecule has 112 valence electrons. The van der Waals surface area contributed by atoms with E-state index in [4.69, 9.17) is 4.42 Å². The molecule has 3 nitrogen and oxygen atoms in total. The molecular formula is C18H23NO2. The maximum atomic E-state index is 12.6. The van der Waals surface area contributed by atoms with Gasteiger partial charge in [-0.15, -0.1) is 0 Å². The molecule has 0 N–H and O–H groups in total. The van der Waals surface area contributed by atoms with Crippen LogP contribution in [-0.2, 0) is 0 Å². The molecule has 0 aliphatic heterocycles. The zero-order valence-electron chi connectivity index (χ0n) is 12.7. The molecule has 2 aromatic rings. The number of carbonyl (C=O) groups excluding carboxylic acids is 1. The number of fused-ring (bicyclic) bond motifs is 1. The maximum absolute atomic E-state index is 12.6. The van der Waals surface area contributed by atoms with Crippen molar-refractivity contribution in [1.82, 2.24) is 4.90 Å². The van der Waals surface area contributed by atoms with Crippen LogP contribution < -0.4 is 0 Å². The second kappa shape index (κ2) is 6.44. The summed E-state index contributed by atoms with van der Waals surface area (Å²) in [7, 11) is 2.08. The summed E-state index contributed by atoms with van der Waals surface area (Å²) in [5, 5.41) is 0.928. The van der Waals surface area contributed by atoms with Gasteiger partial charge in [0.15, 0.2) is 5.78 Å². The number of benzene rings is 1. The lowest BCUT2D eigenvalue weighted by Crippen LogP contribution is -2.35.